The Morgan fingerprint density at radius 1 is 0.756 bits per heavy atom. The molecular weight excluding hydrogens is 568 g/mol. The van der Waals surface area contributed by atoms with E-state index >= 15 is 0 Å². The highest BCUT2D eigenvalue weighted by molar-refractivity contribution is 6.04. The van der Waals surface area contributed by atoms with Gasteiger partial charge in [-0.15, -0.1) is 0 Å². The Kier molecular flexibility index (Phi) is 9.14. The third-order valence-corrected chi connectivity index (χ3v) is 8.62. The van der Waals surface area contributed by atoms with Gasteiger partial charge in [-0.1, -0.05) is 72.8 Å². The first-order chi connectivity index (χ1) is 22.0. The quantitative estimate of drug-likeness (QED) is 0.192. The third kappa shape index (κ3) is 6.16. The summed E-state index contributed by atoms with van der Waals surface area (Å²) >= 11 is 0. The van der Waals surface area contributed by atoms with Crippen LogP contribution in [0.4, 0.5) is 4.79 Å². The molecule has 2 aliphatic rings. The van der Waals surface area contributed by atoms with Gasteiger partial charge in [-0.05, 0) is 72.4 Å². The molecule has 3 amide bonds. The molecule has 4 aromatic carbocycles. The second kappa shape index (κ2) is 13.5. The molecule has 0 spiro atoms. The molecule has 0 saturated carbocycles. The summed E-state index contributed by atoms with van der Waals surface area (Å²) in [7, 11) is 3.30. The molecule has 0 N–H and O–H groups in total. The first-order valence-electron chi connectivity index (χ1n) is 15.3. The fraction of sp³-hybridized carbons (Fsp3) is 0.297. The number of amides is 3. The molecule has 0 unspecified atom stereocenters. The van der Waals surface area contributed by atoms with E-state index in [-0.39, 0.29) is 24.6 Å². The van der Waals surface area contributed by atoms with Gasteiger partial charge in [0.1, 0.15) is 23.3 Å². The topological polar surface area (TPSA) is 77.5 Å². The van der Waals surface area contributed by atoms with Crippen molar-refractivity contribution < 1.29 is 28.5 Å². The van der Waals surface area contributed by atoms with Crippen LogP contribution in [0.25, 0.3) is 0 Å². The zero-order chi connectivity index (χ0) is 31.2. The van der Waals surface area contributed by atoms with Crippen LogP contribution in [-0.4, -0.2) is 68.0 Å². The normalized spacial score (nSPS) is 18.6. The van der Waals surface area contributed by atoms with Crippen molar-refractivity contribution in [1.29, 1.82) is 0 Å². The standard InChI is InChI=1S/C37H38N2O6/c1-42-31-18-14-29(15-19-31)37(28-12-7-4-8-13-28,30-16-20-32(43-2)21-17-30)44-26-33-22-23-34(45-33)38-24-9-25-39(36(38)41)35(40)27-10-5-3-6-11-27/h3-8,10-21,33-34H,9,22-26H2,1-2H3/t33-,34-/m1/s1. The van der Waals surface area contributed by atoms with Crippen molar-refractivity contribution in [3.8, 4) is 11.5 Å². The number of imide groups is 1. The van der Waals surface area contributed by atoms with Gasteiger partial charge in [0.05, 0.1) is 26.9 Å². The van der Waals surface area contributed by atoms with Gasteiger partial charge < -0.3 is 18.9 Å². The van der Waals surface area contributed by atoms with E-state index in [9.17, 15) is 9.59 Å². The SMILES string of the molecule is COc1ccc(C(OC[C@H]2CC[C@H](N3CCCN(C(=O)c4ccccc4)C3=O)O2)(c2ccccc2)c2ccc(OC)cc2)cc1. The Bertz CT molecular complexity index is 1530. The number of carbonyl (C=O) groups excluding carboxylic acids is 2. The van der Waals surface area contributed by atoms with E-state index in [0.717, 1.165) is 34.6 Å². The van der Waals surface area contributed by atoms with Gasteiger partial charge in [0.25, 0.3) is 5.91 Å². The van der Waals surface area contributed by atoms with Crippen molar-refractivity contribution in [3.63, 3.8) is 0 Å². The zero-order valence-corrected chi connectivity index (χ0v) is 25.6. The van der Waals surface area contributed by atoms with Crippen LogP contribution in [0.5, 0.6) is 11.5 Å². The van der Waals surface area contributed by atoms with Gasteiger partial charge in [0.2, 0.25) is 0 Å². The largest absolute Gasteiger partial charge is 0.497 e. The van der Waals surface area contributed by atoms with Crippen LogP contribution >= 0.6 is 0 Å². The van der Waals surface area contributed by atoms with Crippen molar-refractivity contribution >= 4 is 11.9 Å². The molecule has 0 aromatic heterocycles. The summed E-state index contributed by atoms with van der Waals surface area (Å²) in [5, 5.41) is 0. The number of hydrogen-bond acceptors (Lipinski definition) is 6. The maximum absolute atomic E-state index is 13.5. The van der Waals surface area contributed by atoms with Crippen molar-refractivity contribution in [2.45, 2.75) is 37.2 Å². The van der Waals surface area contributed by atoms with E-state index in [4.69, 9.17) is 18.9 Å². The van der Waals surface area contributed by atoms with Gasteiger partial charge in [-0.2, -0.15) is 0 Å². The van der Waals surface area contributed by atoms with Crippen LogP contribution in [0.15, 0.2) is 109 Å². The lowest BCUT2D eigenvalue weighted by Crippen LogP contribution is -2.55. The van der Waals surface area contributed by atoms with Crippen LogP contribution in [0.3, 0.4) is 0 Å². The summed E-state index contributed by atoms with van der Waals surface area (Å²) in [6.45, 7) is 1.23. The third-order valence-electron chi connectivity index (χ3n) is 8.62. The second-order valence-electron chi connectivity index (χ2n) is 11.3. The monoisotopic (exact) mass is 606 g/mol. The van der Waals surface area contributed by atoms with E-state index < -0.39 is 11.8 Å². The Labute approximate surface area is 264 Å². The lowest BCUT2D eigenvalue weighted by atomic mass is 9.80. The summed E-state index contributed by atoms with van der Waals surface area (Å²) in [4.78, 5) is 29.7. The van der Waals surface area contributed by atoms with Gasteiger partial charge in [-0.3, -0.25) is 14.6 Å². The second-order valence-corrected chi connectivity index (χ2v) is 11.3. The summed E-state index contributed by atoms with van der Waals surface area (Å²) in [5.74, 6) is 1.22. The maximum atomic E-state index is 13.5. The highest BCUT2D eigenvalue weighted by Crippen LogP contribution is 2.42. The van der Waals surface area contributed by atoms with Crippen molar-refractivity contribution in [1.82, 2.24) is 9.80 Å². The fourth-order valence-corrected chi connectivity index (χ4v) is 6.27. The molecule has 0 aliphatic carbocycles. The molecule has 232 valence electrons. The lowest BCUT2D eigenvalue weighted by molar-refractivity contribution is -0.0929. The van der Waals surface area contributed by atoms with Gasteiger partial charge in [-0.25, -0.2) is 4.79 Å². The molecule has 2 aliphatic heterocycles. The Morgan fingerprint density at radius 2 is 1.31 bits per heavy atom. The Morgan fingerprint density at radius 3 is 1.89 bits per heavy atom. The van der Waals surface area contributed by atoms with Crippen LogP contribution in [0, 0.1) is 0 Å². The molecule has 8 nitrogen and oxygen atoms in total. The molecule has 2 fully saturated rings. The predicted octanol–water partition coefficient (Wildman–Crippen LogP) is 6.49. The number of benzene rings is 4. The van der Waals surface area contributed by atoms with Crippen LogP contribution in [0.1, 0.15) is 46.3 Å². The molecule has 0 bridgehead atoms. The van der Waals surface area contributed by atoms with Crippen LogP contribution in [-0.2, 0) is 15.1 Å². The molecule has 8 heteroatoms. The number of rotatable bonds is 10. The van der Waals surface area contributed by atoms with E-state index in [1.807, 2.05) is 72.8 Å². The number of carbonyl (C=O) groups is 2. The van der Waals surface area contributed by atoms with Gasteiger partial charge in [0, 0.05) is 18.7 Å². The van der Waals surface area contributed by atoms with Crippen molar-refractivity contribution in [3.05, 3.63) is 131 Å². The number of methoxy groups -OCH3 is 2. The van der Waals surface area contributed by atoms with Gasteiger partial charge >= 0.3 is 6.03 Å². The minimum absolute atomic E-state index is 0.248. The minimum atomic E-state index is -0.957. The molecule has 2 saturated heterocycles. The van der Waals surface area contributed by atoms with E-state index in [1.54, 1.807) is 43.4 Å². The zero-order valence-electron chi connectivity index (χ0n) is 25.6. The molecule has 2 atom stereocenters. The summed E-state index contributed by atoms with van der Waals surface area (Å²) in [5.41, 5.74) is 2.39. The lowest BCUT2D eigenvalue weighted by Gasteiger charge is -2.38. The first kappa shape index (κ1) is 30.4. The number of ether oxygens (including phenoxy) is 4. The molecular formula is C37H38N2O6. The average Bonchev–Trinajstić information content (AvgIpc) is 3.58. The van der Waals surface area contributed by atoms with Crippen molar-refractivity contribution in [2.24, 2.45) is 0 Å². The predicted molar refractivity (Wildman–Crippen MR) is 170 cm³/mol. The highest BCUT2D eigenvalue weighted by atomic mass is 16.6. The number of hydrogen-bond donors (Lipinski definition) is 0. The van der Waals surface area contributed by atoms with E-state index in [2.05, 4.69) is 12.1 Å². The first-order valence-corrected chi connectivity index (χ1v) is 15.3. The minimum Gasteiger partial charge on any atom is -0.497 e. The smallest absolute Gasteiger partial charge is 0.329 e. The number of nitrogens with zero attached hydrogens (tertiary/aromatic N) is 2. The summed E-state index contributed by atoms with van der Waals surface area (Å²) in [6, 6.07) is 34.6. The Balaban J connectivity index is 1.25. The Hall–Kier alpha value is -4.66. The van der Waals surface area contributed by atoms with E-state index in [1.165, 1.54) is 4.90 Å². The van der Waals surface area contributed by atoms with E-state index in [0.29, 0.717) is 31.5 Å². The number of urea groups is 1. The molecule has 0 radical (unpaired) electrons. The van der Waals surface area contributed by atoms with Crippen molar-refractivity contribution in [2.75, 3.05) is 33.9 Å². The molecule has 4 aromatic rings. The summed E-state index contributed by atoms with van der Waals surface area (Å²) in [6.07, 6.45) is 1.40. The average molecular weight is 607 g/mol. The molecule has 6 rings (SSSR count). The molecule has 2 heterocycles. The fourth-order valence-electron chi connectivity index (χ4n) is 6.27. The van der Waals surface area contributed by atoms with Crippen LogP contribution in [0.2, 0.25) is 0 Å². The van der Waals surface area contributed by atoms with Crippen LogP contribution < -0.4 is 9.47 Å². The molecule has 45 heavy (non-hydrogen) atoms. The summed E-state index contributed by atoms with van der Waals surface area (Å²) < 4.78 is 24.4. The highest BCUT2D eigenvalue weighted by Gasteiger charge is 2.42. The van der Waals surface area contributed by atoms with Gasteiger partial charge in [0.15, 0.2) is 0 Å². The maximum Gasteiger partial charge on any atom is 0.329 e.